The van der Waals surface area contributed by atoms with E-state index in [1.165, 1.54) is 5.57 Å². The van der Waals surface area contributed by atoms with Crippen molar-refractivity contribution < 1.29 is 4.79 Å². The molecule has 1 amide bonds. The fraction of sp³-hybridized carbons (Fsp3) is 0.357. The van der Waals surface area contributed by atoms with Crippen molar-refractivity contribution >= 4 is 17.5 Å². The minimum Gasteiger partial charge on any atom is -0.346 e. The largest absolute Gasteiger partial charge is 0.346 e. The van der Waals surface area contributed by atoms with Crippen LogP contribution in [0, 0.1) is 0 Å². The Kier molecular flexibility index (Phi) is 4.04. The Morgan fingerprint density at radius 1 is 1.44 bits per heavy atom. The first kappa shape index (κ1) is 13.1. The Hall–Kier alpha value is -1.32. The molecule has 1 aromatic carbocycles. The van der Waals surface area contributed by atoms with Crippen molar-refractivity contribution in [1.29, 1.82) is 0 Å². The van der Waals surface area contributed by atoms with E-state index >= 15 is 0 Å². The van der Waals surface area contributed by atoms with Gasteiger partial charge in [-0.3, -0.25) is 4.79 Å². The van der Waals surface area contributed by atoms with E-state index in [0.29, 0.717) is 5.02 Å². The number of nitrogens with one attached hydrogen (secondary N) is 2. The van der Waals surface area contributed by atoms with E-state index in [2.05, 4.69) is 10.6 Å². The fourth-order valence-electron chi connectivity index (χ4n) is 1.84. The van der Waals surface area contributed by atoms with Crippen LogP contribution < -0.4 is 10.6 Å². The SMILES string of the molecule is CC(C(=O)N[C@@H](C)c1cccc(Cl)c1)=C1CNC1. The normalized spacial score (nSPS) is 15.8. The molecule has 96 valence electrons. The molecular formula is C14H17ClN2O. The summed E-state index contributed by atoms with van der Waals surface area (Å²) >= 11 is 5.94. The smallest absolute Gasteiger partial charge is 0.247 e. The van der Waals surface area contributed by atoms with Crippen LogP contribution in [0.3, 0.4) is 0 Å². The highest BCUT2D eigenvalue weighted by Crippen LogP contribution is 2.18. The van der Waals surface area contributed by atoms with Gasteiger partial charge in [-0.2, -0.15) is 0 Å². The second-order valence-corrected chi connectivity index (χ2v) is 5.02. The maximum absolute atomic E-state index is 12.0. The minimum atomic E-state index is -0.0419. The first-order chi connectivity index (χ1) is 8.58. The third kappa shape index (κ3) is 2.92. The fourth-order valence-corrected chi connectivity index (χ4v) is 2.04. The van der Waals surface area contributed by atoms with Gasteiger partial charge >= 0.3 is 0 Å². The lowest BCUT2D eigenvalue weighted by Gasteiger charge is -2.22. The van der Waals surface area contributed by atoms with Crippen LogP contribution in [-0.2, 0) is 4.79 Å². The van der Waals surface area contributed by atoms with E-state index in [1.54, 1.807) is 0 Å². The van der Waals surface area contributed by atoms with E-state index < -0.39 is 0 Å². The Balaban J connectivity index is 2.03. The molecule has 1 aromatic rings. The summed E-state index contributed by atoms with van der Waals surface area (Å²) < 4.78 is 0. The van der Waals surface area contributed by atoms with Gasteiger partial charge in [-0.05, 0) is 37.1 Å². The molecule has 0 saturated carbocycles. The van der Waals surface area contributed by atoms with Crippen molar-refractivity contribution in [2.45, 2.75) is 19.9 Å². The summed E-state index contributed by atoms with van der Waals surface area (Å²) in [6, 6.07) is 7.51. The van der Waals surface area contributed by atoms with Crippen molar-refractivity contribution in [3.8, 4) is 0 Å². The van der Waals surface area contributed by atoms with Crippen LogP contribution in [-0.4, -0.2) is 19.0 Å². The van der Waals surface area contributed by atoms with Gasteiger partial charge < -0.3 is 10.6 Å². The van der Waals surface area contributed by atoms with Crippen molar-refractivity contribution in [2.24, 2.45) is 0 Å². The minimum absolute atomic E-state index is 0.000949. The number of halogens is 1. The lowest BCUT2D eigenvalue weighted by atomic mass is 10.0. The molecule has 2 N–H and O–H groups in total. The molecule has 0 unspecified atom stereocenters. The molecule has 2 rings (SSSR count). The van der Waals surface area contributed by atoms with Gasteiger partial charge in [-0.15, -0.1) is 0 Å². The van der Waals surface area contributed by atoms with Crippen LogP contribution in [0.1, 0.15) is 25.5 Å². The van der Waals surface area contributed by atoms with Crippen molar-refractivity contribution in [3.63, 3.8) is 0 Å². The lowest BCUT2D eigenvalue weighted by molar-refractivity contribution is -0.118. The van der Waals surface area contributed by atoms with Crippen LogP contribution >= 0.6 is 11.6 Å². The molecule has 0 aromatic heterocycles. The maximum Gasteiger partial charge on any atom is 0.247 e. The van der Waals surface area contributed by atoms with Gasteiger partial charge in [0.1, 0.15) is 0 Å². The first-order valence-corrected chi connectivity index (χ1v) is 6.41. The molecule has 1 atom stereocenters. The van der Waals surface area contributed by atoms with Crippen molar-refractivity contribution in [3.05, 3.63) is 46.0 Å². The molecule has 1 saturated heterocycles. The Bertz CT molecular complexity index is 490. The molecule has 0 aliphatic carbocycles. The Morgan fingerprint density at radius 2 is 2.17 bits per heavy atom. The molecule has 0 radical (unpaired) electrons. The zero-order chi connectivity index (χ0) is 13.1. The van der Waals surface area contributed by atoms with E-state index in [-0.39, 0.29) is 11.9 Å². The van der Waals surface area contributed by atoms with Gasteiger partial charge in [-0.1, -0.05) is 23.7 Å². The predicted molar refractivity (Wildman–Crippen MR) is 73.6 cm³/mol. The van der Waals surface area contributed by atoms with Gasteiger partial charge in [0.05, 0.1) is 6.04 Å². The predicted octanol–water partition coefficient (Wildman–Crippen LogP) is 2.44. The highest BCUT2D eigenvalue weighted by Gasteiger charge is 2.17. The molecule has 1 aliphatic rings. The van der Waals surface area contributed by atoms with Gasteiger partial charge in [-0.25, -0.2) is 0 Å². The molecular weight excluding hydrogens is 248 g/mol. The average Bonchev–Trinajstić information content (AvgIpc) is 2.26. The summed E-state index contributed by atoms with van der Waals surface area (Å²) in [5, 5.41) is 6.81. The van der Waals surface area contributed by atoms with E-state index in [4.69, 9.17) is 11.6 Å². The summed E-state index contributed by atoms with van der Waals surface area (Å²) in [6.45, 7) is 5.48. The number of hydrogen-bond acceptors (Lipinski definition) is 2. The van der Waals surface area contributed by atoms with Crippen molar-refractivity contribution in [2.75, 3.05) is 13.1 Å². The number of amides is 1. The van der Waals surface area contributed by atoms with Crippen LogP contribution in [0.4, 0.5) is 0 Å². The van der Waals surface area contributed by atoms with E-state index in [0.717, 1.165) is 24.2 Å². The third-order valence-corrected chi connectivity index (χ3v) is 3.48. The maximum atomic E-state index is 12.0. The summed E-state index contributed by atoms with van der Waals surface area (Å²) in [5.41, 5.74) is 3.02. The number of benzene rings is 1. The van der Waals surface area contributed by atoms with Crippen LogP contribution in [0.25, 0.3) is 0 Å². The topological polar surface area (TPSA) is 41.1 Å². The van der Waals surface area contributed by atoms with Gasteiger partial charge in [0.25, 0.3) is 0 Å². The standard InChI is InChI=1S/C14H17ClN2O/c1-9(12-7-16-8-12)14(18)17-10(2)11-4-3-5-13(15)6-11/h3-6,10,16H,7-8H2,1-2H3,(H,17,18)/t10-/m0/s1. The van der Waals surface area contributed by atoms with Gasteiger partial charge in [0.2, 0.25) is 5.91 Å². The summed E-state index contributed by atoms with van der Waals surface area (Å²) in [4.78, 5) is 12.0. The second kappa shape index (κ2) is 5.55. The van der Waals surface area contributed by atoms with Crippen LogP contribution in [0.15, 0.2) is 35.4 Å². The van der Waals surface area contributed by atoms with Gasteiger partial charge in [0, 0.05) is 23.7 Å². The second-order valence-electron chi connectivity index (χ2n) is 4.58. The molecule has 1 aliphatic heterocycles. The summed E-state index contributed by atoms with van der Waals surface area (Å²) in [7, 11) is 0. The van der Waals surface area contributed by atoms with Crippen LogP contribution in [0.2, 0.25) is 5.02 Å². The lowest BCUT2D eigenvalue weighted by Crippen LogP contribution is -2.38. The number of hydrogen-bond donors (Lipinski definition) is 2. The number of carbonyl (C=O) groups is 1. The molecule has 1 heterocycles. The quantitative estimate of drug-likeness (QED) is 0.824. The first-order valence-electron chi connectivity index (χ1n) is 6.03. The Morgan fingerprint density at radius 3 is 2.72 bits per heavy atom. The highest BCUT2D eigenvalue weighted by atomic mass is 35.5. The summed E-state index contributed by atoms with van der Waals surface area (Å²) in [5.74, 6) is -0.000949. The van der Waals surface area contributed by atoms with Crippen molar-refractivity contribution in [1.82, 2.24) is 10.6 Å². The monoisotopic (exact) mass is 264 g/mol. The number of rotatable bonds is 3. The van der Waals surface area contributed by atoms with E-state index in [9.17, 15) is 4.79 Å². The molecule has 4 heteroatoms. The van der Waals surface area contributed by atoms with Crippen LogP contribution in [0.5, 0.6) is 0 Å². The molecule has 3 nitrogen and oxygen atoms in total. The summed E-state index contributed by atoms with van der Waals surface area (Å²) in [6.07, 6.45) is 0. The molecule has 18 heavy (non-hydrogen) atoms. The van der Waals surface area contributed by atoms with E-state index in [1.807, 2.05) is 38.1 Å². The zero-order valence-electron chi connectivity index (χ0n) is 10.6. The molecule has 0 spiro atoms. The number of carbonyl (C=O) groups excluding carboxylic acids is 1. The highest BCUT2D eigenvalue weighted by molar-refractivity contribution is 6.30. The molecule has 1 fully saturated rings. The molecule has 0 bridgehead atoms. The third-order valence-electron chi connectivity index (χ3n) is 3.24. The zero-order valence-corrected chi connectivity index (χ0v) is 11.3. The van der Waals surface area contributed by atoms with Gasteiger partial charge in [0.15, 0.2) is 0 Å². The Labute approximate surface area is 112 Å². The average molecular weight is 265 g/mol.